The van der Waals surface area contributed by atoms with E-state index in [1.807, 2.05) is 4.90 Å². The van der Waals surface area contributed by atoms with Crippen molar-refractivity contribution in [2.75, 3.05) is 19.7 Å². The first-order chi connectivity index (χ1) is 11.1. The van der Waals surface area contributed by atoms with Crippen molar-refractivity contribution >= 4 is 12.0 Å². The summed E-state index contributed by atoms with van der Waals surface area (Å²) in [4.78, 5) is 28.0. The fourth-order valence-corrected chi connectivity index (χ4v) is 3.47. The summed E-state index contributed by atoms with van der Waals surface area (Å²) in [5.74, 6) is 0.649. The van der Waals surface area contributed by atoms with Crippen molar-refractivity contribution in [2.24, 2.45) is 5.92 Å². The third kappa shape index (κ3) is 3.33. The molecule has 0 unspecified atom stereocenters. The lowest BCUT2D eigenvalue weighted by Crippen LogP contribution is -2.50. The summed E-state index contributed by atoms with van der Waals surface area (Å²) in [6.45, 7) is 6.01. The molecule has 2 fully saturated rings. The average Bonchev–Trinajstić information content (AvgIpc) is 3.17. The molecule has 1 aromatic heterocycles. The Labute approximate surface area is 135 Å². The fraction of sp³-hybridized carbons (Fsp3) is 0.688. The zero-order valence-electron chi connectivity index (χ0n) is 13.6. The number of nitrogens with zero attached hydrogens (tertiary/aromatic N) is 3. The summed E-state index contributed by atoms with van der Waals surface area (Å²) in [5.41, 5.74) is 0. The number of piperidine rings is 1. The van der Waals surface area contributed by atoms with Crippen molar-refractivity contribution in [3.8, 4) is 0 Å². The quantitative estimate of drug-likeness (QED) is 0.849. The first-order valence-electron chi connectivity index (χ1n) is 8.21. The highest BCUT2D eigenvalue weighted by molar-refractivity contribution is 5.91. The van der Waals surface area contributed by atoms with E-state index in [9.17, 15) is 9.59 Å². The lowest BCUT2D eigenvalue weighted by Gasteiger charge is -2.37. The molecule has 126 valence electrons. The number of amides is 2. The number of hydrogen-bond donors (Lipinski definition) is 0. The van der Waals surface area contributed by atoms with Crippen LogP contribution in [0.4, 0.5) is 4.79 Å². The van der Waals surface area contributed by atoms with Crippen LogP contribution in [0, 0.1) is 5.92 Å². The molecule has 2 amide bonds. The van der Waals surface area contributed by atoms with Crippen LogP contribution in [-0.2, 0) is 4.74 Å². The predicted octanol–water partition coefficient (Wildman–Crippen LogP) is 2.15. The average molecular weight is 321 g/mol. The van der Waals surface area contributed by atoms with E-state index >= 15 is 0 Å². The minimum absolute atomic E-state index is 0.135. The van der Waals surface area contributed by atoms with Crippen LogP contribution in [0.15, 0.2) is 16.8 Å². The Morgan fingerprint density at radius 2 is 2.13 bits per heavy atom. The number of ether oxygens (including phenoxy) is 1. The molecule has 23 heavy (non-hydrogen) atoms. The molecule has 0 spiro atoms. The van der Waals surface area contributed by atoms with Crippen LogP contribution in [0.1, 0.15) is 43.7 Å². The van der Waals surface area contributed by atoms with Crippen molar-refractivity contribution in [3.05, 3.63) is 18.0 Å². The molecule has 0 N–H and O–H groups in total. The molecule has 2 aliphatic rings. The zero-order valence-corrected chi connectivity index (χ0v) is 13.6. The summed E-state index contributed by atoms with van der Waals surface area (Å²) in [6.07, 6.45) is 3.74. The van der Waals surface area contributed by atoms with Crippen LogP contribution in [0.25, 0.3) is 0 Å². The Morgan fingerprint density at radius 3 is 2.74 bits per heavy atom. The number of carbonyl (C=O) groups is 2. The van der Waals surface area contributed by atoms with Gasteiger partial charge in [0.25, 0.3) is 5.91 Å². The second-order valence-corrected chi connectivity index (χ2v) is 6.67. The van der Waals surface area contributed by atoms with E-state index in [4.69, 9.17) is 9.26 Å². The van der Waals surface area contributed by atoms with E-state index in [1.165, 1.54) is 6.20 Å². The van der Waals surface area contributed by atoms with Gasteiger partial charge in [0.05, 0.1) is 12.2 Å². The Bertz CT molecular complexity index is 550. The maximum atomic E-state index is 12.2. The molecule has 3 rings (SSSR count). The highest BCUT2D eigenvalue weighted by Crippen LogP contribution is 2.27. The molecule has 1 atom stereocenters. The first kappa shape index (κ1) is 15.8. The second kappa shape index (κ2) is 6.60. The van der Waals surface area contributed by atoms with Crippen molar-refractivity contribution in [1.82, 2.24) is 15.0 Å². The highest BCUT2D eigenvalue weighted by atomic mass is 16.6. The van der Waals surface area contributed by atoms with Crippen molar-refractivity contribution in [1.29, 1.82) is 0 Å². The van der Waals surface area contributed by atoms with Gasteiger partial charge in [0, 0.05) is 25.2 Å². The third-order valence-corrected chi connectivity index (χ3v) is 4.54. The van der Waals surface area contributed by atoms with Gasteiger partial charge in [0.15, 0.2) is 0 Å². The number of likely N-dealkylation sites (tertiary alicyclic amines) is 1. The summed E-state index contributed by atoms with van der Waals surface area (Å²) < 4.78 is 10.2. The van der Waals surface area contributed by atoms with Gasteiger partial charge < -0.3 is 14.2 Å². The van der Waals surface area contributed by atoms with Crippen LogP contribution in [-0.4, -0.2) is 58.7 Å². The fourth-order valence-electron chi connectivity index (χ4n) is 3.47. The molecule has 7 nitrogen and oxygen atoms in total. The van der Waals surface area contributed by atoms with Gasteiger partial charge in [0.1, 0.15) is 6.61 Å². The minimum Gasteiger partial charge on any atom is -0.447 e. The SMILES string of the molecule is CC(C)C[C@@H]1COC(=O)N1C1CCN(C(=O)c2ccno2)CC1. The molecular weight excluding hydrogens is 298 g/mol. The van der Waals surface area contributed by atoms with Gasteiger partial charge in [-0.3, -0.25) is 9.69 Å². The normalized spacial score (nSPS) is 22.7. The molecule has 7 heteroatoms. The third-order valence-electron chi connectivity index (χ3n) is 4.54. The first-order valence-corrected chi connectivity index (χ1v) is 8.21. The number of cyclic esters (lactones) is 1. The van der Waals surface area contributed by atoms with Crippen molar-refractivity contribution in [2.45, 2.75) is 45.2 Å². The van der Waals surface area contributed by atoms with Crippen LogP contribution >= 0.6 is 0 Å². The molecule has 1 aromatic rings. The molecular formula is C16H23N3O4. The highest BCUT2D eigenvalue weighted by Gasteiger charge is 2.40. The van der Waals surface area contributed by atoms with Gasteiger partial charge in [-0.25, -0.2) is 4.79 Å². The number of carbonyl (C=O) groups excluding carboxylic acids is 2. The smallest absolute Gasteiger partial charge is 0.410 e. The number of aromatic nitrogens is 1. The molecule has 0 aromatic carbocycles. The lowest BCUT2D eigenvalue weighted by molar-refractivity contribution is 0.0592. The van der Waals surface area contributed by atoms with Crippen LogP contribution in [0.3, 0.4) is 0 Å². The van der Waals surface area contributed by atoms with E-state index in [0.717, 1.165) is 19.3 Å². The topological polar surface area (TPSA) is 75.9 Å². The largest absolute Gasteiger partial charge is 0.447 e. The monoisotopic (exact) mass is 321 g/mol. The van der Waals surface area contributed by atoms with Gasteiger partial charge >= 0.3 is 6.09 Å². The summed E-state index contributed by atoms with van der Waals surface area (Å²) >= 11 is 0. The van der Waals surface area contributed by atoms with Gasteiger partial charge in [-0.1, -0.05) is 19.0 Å². The van der Waals surface area contributed by atoms with E-state index in [0.29, 0.717) is 25.6 Å². The molecule has 0 radical (unpaired) electrons. The molecule has 2 saturated heterocycles. The summed E-state index contributed by atoms with van der Waals surface area (Å²) in [6, 6.07) is 1.88. The Hall–Kier alpha value is -2.05. The van der Waals surface area contributed by atoms with Crippen LogP contribution < -0.4 is 0 Å². The van der Waals surface area contributed by atoms with Gasteiger partial charge in [-0.05, 0) is 25.2 Å². The molecule has 2 aliphatic heterocycles. The maximum Gasteiger partial charge on any atom is 0.410 e. The van der Waals surface area contributed by atoms with Gasteiger partial charge in [-0.15, -0.1) is 0 Å². The summed E-state index contributed by atoms with van der Waals surface area (Å²) in [5, 5.41) is 3.57. The van der Waals surface area contributed by atoms with Crippen LogP contribution in [0.2, 0.25) is 0 Å². The van der Waals surface area contributed by atoms with Gasteiger partial charge in [-0.2, -0.15) is 0 Å². The van der Waals surface area contributed by atoms with Crippen LogP contribution in [0.5, 0.6) is 0 Å². The standard InChI is InChI=1S/C16H23N3O4/c1-11(2)9-13-10-22-16(21)19(13)12-4-7-18(8-5-12)15(20)14-3-6-17-23-14/h3,6,11-13H,4-5,7-10H2,1-2H3/t13-/m1/s1. The Morgan fingerprint density at radius 1 is 1.39 bits per heavy atom. The van der Waals surface area contributed by atoms with Crippen molar-refractivity contribution in [3.63, 3.8) is 0 Å². The van der Waals surface area contributed by atoms with E-state index in [2.05, 4.69) is 19.0 Å². The zero-order chi connectivity index (χ0) is 16.4. The van der Waals surface area contributed by atoms with E-state index < -0.39 is 0 Å². The maximum absolute atomic E-state index is 12.2. The van der Waals surface area contributed by atoms with Gasteiger partial charge in [0.2, 0.25) is 5.76 Å². The number of hydrogen-bond acceptors (Lipinski definition) is 5. The van der Waals surface area contributed by atoms with E-state index in [1.54, 1.807) is 11.0 Å². The lowest BCUT2D eigenvalue weighted by atomic mass is 9.98. The molecule has 0 bridgehead atoms. The van der Waals surface area contributed by atoms with E-state index in [-0.39, 0.29) is 29.8 Å². The predicted molar refractivity (Wildman–Crippen MR) is 81.9 cm³/mol. The Balaban J connectivity index is 1.59. The van der Waals surface area contributed by atoms with Crippen molar-refractivity contribution < 1.29 is 18.8 Å². The minimum atomic E-state index is -0.212. The number of rotatable bonds is 4. The Kier molecular flexibility index (Phi) is 4.54. The molecule has 0 saturated carbocycles. The molecule has 0 aliphatic carbocycles. The summed E-state index contributed by atoms with van der Waals surface area (Å²) in [7, 11) is 0. The molecule has 3 heterocycles. The second-order valence-electron chi connectivity index (χ2n) is 6.67.